The van der Waals surface area contributed by atoms with E-state index in [2.05, 4.69) is 33.4 Å². The molecule has 0 bridgehead atoms. The number of nitrogens with two attached hydrogens (primary N) is 1. The summed E-state index contributed by atoms with van der Waals surface area (Å²) in [4.78, 5) is 9.20. The van der Waals surface area contributed by atoms with Crippen molar-refractivity contribution in [3.05, 3.63) is 18.2 Å². The van der Waals surface area contributed by atoms with E-state index in [9.17, 15) is 0 Å². The number of hydrogen-bond donors (Lipinski definition) is 1. The Labute approximate surface area is 115 Å². The first-order chi connectivity index (χ1) is 9.20. The lowest BCUT2D eigenvalue weighted by atomic mass is 10.2. The van der Waals surface area contributed by atoms with Gasteiger partial charge in [-0.25, -0.2) is 4.98 Å². The van der Waals surface area contributed by atoms with Crippen molar-refractivity contribution in [1.29, 1.82) is 0 Å². The first-order valence-electron chi connectivity index (χ1n) is 7.33. The summed E-state index contributed by atoms with van der Waals surface area (Å²) >= 11 is 0. The van der Waals surface area contributed by atoms with E-state index in [-0.39, 0.29) is 0 Å². The fraction of sp³-hybridized carbons (Fsp3) is 0.786. The highest BCUT2D eigenvalue weighted by atomic mass is 15.3. The molecule has 1 aromatic rings. The highest BCUT2D eigenvalue weighted by Crippen LogP contribution is 2.38. The highest BCUT2D eigenvalue weighted by molar-refractivity contribution is 5.11. The SMILES string of the molecule is CN(C)C1CCN(C(CN)c2cncn2C2CC2)C1. The Hall–Kier alpha value is -0.910. The third-order valence-electron chi connectivity index (χ3n) is 4.57. The molecule has 1 aliphatic heterocycles. The molecule has 0 aromatic carbocycles. The van der Waals surface area contributed by atoms with Gasteiger partial charge in [0.25, 0.3) is 0 Å². The largest absolute Gasteiger partial charge is 0.330 e. The summed E-state index contributed by atoms with van der Waals surface area (Å²) in [6.07, 6.45) is 7.82. The molecule has 2 N–H and O–H groups in total. The molecular formula is C14H25N5. The smallest absolute Gasteiger partial charge is 0.0951 e. The van der Waals surface area contributed by atoms with Gasteiger partial charge in [-0.3, -0.25) is 4.90 Å². The molecule has 106 valence electrons. The van der Waals surface area contributed by atoms with Crippen LogP contribution < -0.4 is 5.73 Å². The Kier molecular flexibility index (Phi) is 3.60. The van der Waals surface area contributed by atoms with Gasteiger partial charge >= 0.3 is 0 Å². The van der Waals surface area contributed by atoms with Crippen LogP contribution in [-0.4, -0.2) is 59.1 Å². The summed E-state index contributed by atoms with van der Waals surface area (Å²) in [5, 5.41) is 0. The second kappa shape index (κ2) is 5.23. The first kappa shape index (κ1) is 13.1. The Morgan fingerprint density at radius 2 is 2.21 bits per heavy atom. The van der Waals surface area contributed by atoms with Gasteiger partial charge in [0.2, 0.25) is 0 Å². The average molecular weight is 263 g/mol. The molecule has 2 fully saturated rings. The summed E-state index contributed by atoms with van der Waals surface area (Å²) in [7, 11) is 4.33. The van der Waals surface area contributed by atoms with E-state index in [1.807, 2.05) is 12.5 Å². The van der Waals surface area contributed by atoms with Crippen molar-refractivity contribution >= 4 is 0 Å². The van der Waals surface area contributed by atoms with Gasteiger partial charge in [0.15, 0.2) is 0 Å². The topological polar surface area (TPSA) is 50.3 Å². The zero-order valence-electron chi connectivity index (χ0n) is 12.0. The van der Waals surface area contributed by atoms with Crippen molar-refractivity contribution in [3.63, 3.8) is 0 Å². The van der Waals surface area contributed by atoms with Crippen LogP contribution in [0.3, 0.4) is 0 Å². The van der Waals surface area contributed by atoms with E-state index in [1.165, 1.54) is 25.0 Å². The molecule has 1 saturated carbocycles. The molecule has 1 saturated heterocycles. The Bertz CT molecular complexity index is 423. The Balaban J connectivity index is 1.75. The molecule has 5 heteroatoms. The zero-order valence-corrected chi connectivity index (χ0v) is 12.0. The second-order valence-electron chi connectivity index (χ2n) is 6.11. The Morgan fingerprint density at radius 1 is 1.42 bits per heavy atom. The highest BCUT2D eigenvalue weighted by Gasteiger charge is 2.33. The lowest BCUT2D eigenvalue weighted by Gasteiger charge is -2.28. The van der Waals surface area contributed by atoms with Crippen molar-refractivity contribution in [2.24, 2.45) is 5.73 Å². The molecule has 5 nitrogen and oxygen atoms in total. The van der Waals surface area contributed by atoms with Gasteiger partial charge in [0.05, 0.1) is 18.1 Å². The predicted molar refractivity (Wildman–Crippen MR) is 76.0 cm³/mol. The molecule has 2 heterocycles. The van der Waals surface area contributed by atoms with E-state index >= 15 is 0 Å². The minimum atomic E-state index is 0.327. The zero-order chi connectivity index (χ0) is 13.4. The number of likely N-dealkylation sites (tertiary alicyclic amines) is 1. The van der Waals surface area contributed by atoms with Gasteiger partial charge in [-0.15, -0.1) is 0 Å². The maximum Gasteiger partial charge on any atom is 0.0951 e. The molecule has 0 spiro atoms. The van der Waals surface area contributed by atoms with Gasteiger partial charge in [0.1, 0.15) is 0 Å². The van der Waals surface area contributed by atoms with Crippen LogP contribution >= 0.6 is 0 Å². The molecule has 0 radical (unpaired) electrons. The molecule has 2 aliphatic rings. The maximum atomic E-state index is 6.06. The van der Waals surface area contributed by atoms with Crippen LogP contribution in [-0.2, 0) is 0 Å². The number of imidazole rings is 1. The molecule has 0 amide bonds. The first-order valence-corrected chi connectivity index (χ1v) is 7.33. The Morgan fingerprint density at radius 3 is 2.79 bits per heavy atom. The number of nitrogens with zero attached hydrogens (tertiary/aromatic N) is 4. The minimum absolute atomic E-state index is 0.327. The second-order valence-corrected chi connectivity index (χ2v) is 6.11. The monoisotopic (exact) mass is 263 g/mol. The van der Waals surface area contributed by atoms with Crippen molar-refractivity contribution < 1.29 is 0 Å². The summed E-state index contributed by atoms with van der Waals surface area (Å²) in [6, 6.07) is 1.66. The summed E-state index contributed by atoms with van der Waals surface area (Å²) in [6.45, 7) is 2.93. The number of aromatic nitrogens is 2. The van der Waals surface area contributed by atoms with Crippen molar-refractivity contribution in [2.75, 3.05) is 33.7 Å². The predicted octanol–water partition coefficient (Wildman–Crippen LogP) is 0.854. The summed E-state index contributed by atoms with van der Waals surface area (Å²) < 4.78 is 2.35. The number of likely N-dealkylation sites (N-methyl/N-ethyl adjacent to an activating group) is 1. The van der Waals surface area contributed by atoms with Crippen LogP contribution in [0, 0.1) is 0 Å². The van der Waals surface area contributed by atoms with Crippen LogP contribution in [0.5, 0.6) is 0 Å². The molecule has 2 atom stereocenters. The minimum Gasteiger partial charge on any atom is -0.330 e. The van der Waals surface area contributed by atoms with Crippen LogP contribution in [0.15, 0.2) is 12.5 Å². The van der Waals surface area contributed by atoms with Crippen LogP contribution in [0.2, 0.25) is 0 Å². The van der Waals surface area contributed by atoms with Gasteiger partial charge in [-0.1, -0.05) is 0 Å². The third-order valence-corrected chi connectivity index (χ3v) is 4.57. The summed E-state index contributed by atoms with van der Waals surface area (Å²) in [5.41, 5.74) is 7.37. The average Bonchev–Trinajstić information content (AvgIpc) is 2.92. The molecule has 3 rings (SSSR count). The van der Waals surface area contributed by atoms with Gasteiger partial charge in [0, 0.05) is 37.9 Å². The maximum absolute atomic E-state index is 6.06. The third kappa shape index (κ3) is 2.55. The van der Waals surface area contributed by atoms with Crippen LogP contribution in [0.4, 0.5) is 0 Å². The molecule has 19 heavy (non-hydrogen) atoms. The molecular weight excluding hydrogens is 238 g/mol. The molecule has 2 unspecified atom stereocenters. The van der Waals surface area contributed by atoms with E-state index in [0.29, 0.717) is 24.7 Å². The van der Waals surface area contributed by atoms with Gasteiger partial charge in [-0.05, 0) is 33.4 Å². The fourth-order valence-corrected chi connectivity index (χ4v) is 3.16. The van der Waals surface area contributed by atoms with E-state index in [1.54, 1.807) is 0 Å². The lowest BCUT2D eigenvalue weighted by Crippen LogP contribution is -2.36. The van der Waals surface area contributed by atoms with Crippen LogP contribution in [0.1, 0.15) is 37.0 Å². The fourth-order valence-electron chi connectivity index (χ4n) is 3.16. The van der Waals surface area contributed by atoms with Gasteiger partial charge in [-0.2, -0.15) is 0 Å². The van der Waals surface area contributed by atoms with E-state index < -0.39 is 0 Å². The van der Waals surface area contributed by atoms with E-state index in [0.717, 1.165) is 13.1 Å². The van der Waals surface area contributed by atoms with Crippen molar-refractivity contribution in [3.8, 4) is 0 Å². The normalized spacial score (nSPS) is 26.2. The number of rotatable bonds is 5. The van der Waals surface area contributed by atoms with Crippen molar-refractivity contribution in [2.45, 2.75) is 37.4 Å². The standard InChI is InChI=1S/C14H25N5/c1-17(2)12-5-6-18(9-12)13(7-15)14-8-16-10-19(14)11-3-4-11/h8,10-13H,3-7,9,15H2,1-2H3. The quantitative estimate of drug-likeness (QED) is 0.856. The molecule has 1 aromatic heterocycles. The van der Waals surface area contributed by atoms with Crippen molar-refractivity contribution in [1.82, 2.24) is 19.4 Å². The molecule has 1 aliphatic carbocycles. The number of hydrogen-bond acceptors (Lipinski definition) is 4. The van der Waals surface area contributed by atoms with Crippen LogP contribution in [0.25, 0.3) is 0 Å². The lowest BCUT2D eigenvalue weighted by molar-refractivity contribution is 0.214. The van der Waals surface area contributed by atoms with E-state index in [4.69, 9.17) is 5.73 Å². The van der Waals surface area contributed by atoms with Gasteiger partial charge < -0.3 is 15.2 Å². The summed E-state index contributed by atoms with van der Waals surface area (Å²) in [5.74, 6) is 0.